The van der Waals surface area contributed by atoms with Crippen molar-refractivity contribution in [1.29, 1.82) is 0 Å². The van der Waals surface area contributed by atoms with E-state index >= 15 is 0 Å². The Balaban J connectivity index is 2.17. The minimum atomic E-state index is -0.452. The summed E-state index contributed by atoms with van der Waals surface area (Å²) in [6.07, 6.45) is 0.644. The molecule has 0 bridgehead atoms. The maximum absolute atomic E-state index is 12.7. The molecule has 0 aliphatic carbocycles. The van der Waals surface area contributed by atoms with Gasteiger partial charge in [0.05, 0.1) is 6.10 Å². The second-order valence-corrected chi connectivity index (χ2v) is 6.03. The van der Waals surface area contributed by atoms with Gasteiger partial charge in [-0.05, 0) is 24.5 Å². The SMILES string of the molecule is CC(=O)N1Cc2ccccc2CC1C(=O)N(C)CCC(C)O. The Morgan fingerprint density at radius 3 is 2.59 bits per heavy atom. The molecule has 1 N–H and O–H groups in total. The quantitative estimate of drug-likeness (QED) is 0.909. The van der Waals surface area contributed by atoms with Gasteiger partial charge >= 0.3 is 0 Å². The molecule has 0 fully saturated rings. The van der Waals surface area contributed by atoms with E-state index in [-0.39, 0.29) is 11.8 Å². The number of nitrogens with zero attached hydrogens (tertiary/aromatic N) is 2. The number of amides is 2. The normalized spacial score (nSPS) is 18.5. The summed E-state index contributed by atoms with van der Waals surface area (Å²) in [6.45, 7) is 4.17. The van der Waals surface area contributed by atoms with E-state index in [1.54, 1.807) is 23.8 Å². The maximum atomic E-state index is 12.7. The lowest BCUT2D eigenvalue weighted by Crippen LogP contribution is -2.52. The van der Waals surface area contributed by atoms with E-state index in [0.717, 1.165) is 11.1 Å². The molecule has 22 heavy (non-hydrogen) atoms. The first kappa shape index (κ1) is 16.5. The molecule has 0 saturated carbocycles. The monoisotopic (exact) mass is 304 g/mol. The van der Waals surface area contributed by atoms with Gasteiger partial charge in [0.15, 0.2) is 0 Å². The Labute approximate surface area is 131 Å². The van der Waals surface area contributed by atoms with Gasteiger partial charge < -0.3 is 14.9 Å². The highest BCUT2D eigenvalue weighted by Gasteiger charge is 2.34. The standard InChI is InChI=1S/C17H24N2O3/c1-12(20)8-9-18(3)17(22)16-10-14-6-4-5-7-15(14)11-19(16)13(2)21/h4-7,12,16,20H,8-11H2,1-3H3. The number of carbonyl (C=O) groups is 2. The van der Waals surface area contributed by atoms with Crippen LogP contribution < -0.4 is 0 Å². The van der Waals surface area contributed by atoms with Crippen LogP contribution in [0.25, 0.3) is 0 Å². The van der Waals surface area contributed by atoms with Crippen LogP contribution in [0.3, 0.4) is 0 Å². The Kier molecular flexibility index (Phi) is 5.19. The number of rotatable bonds is 4. The number of benzene rings is 1. The van der Waals surface area contributed by atoms with E-state index in [9.17, 15) is 14.7 Å². The summed E-state index contributed by atoms with van der Waals surface area (Å²) in [4.78, 5) is 27.9. The third-order valence-electron chi connectivity index (χ3n) is 4.20. The molecule has 2 unspecified atom stereocenters. The van der Waals surface area contributed by atoms with Crippen molar-refractivity contribution < 1.29 is 14.7 Å². The van der Waals surface area contributed by atoms with Crippen LogP contribution in [0.4, 0.5) is 0 Å². The van der Waals surface area contributed by atoms with E-state index in [4.69, 9.17) is 0 Å². The van der Waals surface area contributed by atoms with Gasteiger partial charge in [-0.1, -0.05) is 24.3 Å². The van der Waals surface area contributed by atoms with E-state index in [0.29, 0.717) is 25.9 Å². The van der Waals surface area contributed by atoms with Crippen molar-refractivity contribution in [3.05, 3.63) is 35.4 Å². The fourth-order valence-electron chi connectivity index (χ4n) is 2.82. The summed E-state index contributed by atoms with van der Waals surface area (Å²) in [5.41, 5.74) is 2.23. The van der Waals surface area contributed by atoms with Gasteiger partial charge in [-0.2, -0.15) is 0 Å². The van der Waals surface area contributed by atoms with Gasteiger partial charge in [0.1, 0.15) is 6.04 Å². The predicted molar refractivity (Wildman–Crippen MR) is 84.1 cm³/mol. The van der Waals surface area contributed by atoms with Gasteiger partial charge in [0.25, 0.3) is 0 Å². The van der Waals surface area contributed by atoms with E-state index < -0.39 is 12.1 Å². The molecule has 2 amide bonds. The first-order chi connectivity index (χ1) is 10.4. The van der Waals surface area contributed by atoms with Crippen molar-refractivity contribution in [2.75, 3.05) is 13.6 Å². The Morgan fingerprint density at radius 1 is 1.36 bits per heavy atom. The maximum Gasteiger partial charge on any atom is 0.245 e. The van der Waals surface area contributed by atoms with Gasteiger partial charge in [-0.15, -0.1) is 0 Å². The molecule has 0 radical (unpaired) electrons. The molecular formula is C17H24N2O3. The minimum Gasteiger partial charge on any atom is -0.393 e. The fraction of sp³-hybridized carbons (Fsp3) is 0.529. The zero-order chi connectivity index (χ0) is 16.3. The number of aliphatic hydroxyl groups is 1. The minimum absolute atomic E-state index is 0.0645. The van der Waals surface area contributed by atoms with Crippen LogP contribution >= 0.6 is 0 Å². The number of fused-ring (bicyclic) bond motifs is 1. The predicted octanol–water partition coefficient (Wildman–Crippen LogP) is 1.19. The molecule has 2 rings (SSSR count). The zero-order valence-electron chi connectivity index (χ0n) is 13.5. The van der Waals surface area contributed by atoms with Gasteiger partial charge in [0.2, 0.25) is 11.8 Å². The molecule has 2 atom stereocenters. The molecular weight excluding hydrogens is 280 g/mol. The zero-order valence-corrected chi connectivity index (χ0v) is 13.5. The Morgan fingerprint density at radius 2 is 2.00 bits per heavy atom. The fourth-order valence-corrected chi connectivity index (χ4v) is 2.82. The molecule has 5 nitrogen and oxygen atoms in total. The lowest BCUT2D eigenvalue weighted by atomic mass is 9.93. The van der Waals surface area contributed by atoms with E-state index in [1.807, 2.05) is 24.3 Å². The van der Waals surface area contributed by atoms with Crippen molar-refractivity contribution in [1.82, 2.24) is 9.80 Å². The van der Waals surface area contributed by atoms with Crippen molar-refractivity contribution >= 4 is 11.8 Å². The highest BCUT2D eigenvalue weighted by molar-refractivity contribution is 5.87. The van der Waals surface area contributed by atoms with Gasteiger partial charge in [0, 0.05) is 33.5 Å². The summed E-state index contributed by atoms with van der Waals surface area (Å²) in [5.74, 6) is -0.151. The van der Waals surface area contributed by atoms with Crippen molar-refractivity contribution in [3.63, 3.8) is 0 Å². The van der Waals surface area contributed by atoms with Crippen LogP contribution in [0.15, 0.2) is 24.3 Å². The summed E-state index contributed by atoms with van der Waals surface area (Å²) >= 11 is 0. The van der Waals surface area contributed by atoms with Crippen molar-refractivity contribution in [3.8, 4) is 0 Å². The summed E-state index contributed by atoms with van der Waals surface area (Å²) in [7, 11) is 1.73. The molecule has 0 saturated heterocycles. The van der Waals surface area contributed by atoms with Crippen molar-refractivity contribution in [2.45, 2.75) is 45.4 Å². The Bertz CT molecular complexity index is 557. The highest BCUT2D eigenvalue weighted by Crippen LogP contribution is 2.24. The summed E-state index contributed by atoms with van der Waals surface area (Å²) < 4.78 is 0. The van der Waals surface area contributed by atoms with Crippen LogP contribution in [-0.4, -0.2) is 52.5 Å². The lowest BCUT2D eigenvalue weighted by Gasteiger charge is -2.37. The van der Waals surface area contributed by atoms with Crippen LogP contribution in [0, 0.1) is 0 Å². The van der Waals surface area contributed by atoms with Gasteiger partial charge in [-0.3, -0.25) is 9.59 Å². The summed E-state index contributed by atoms with van der Waals surface area (Å²) in [5, 5.41) is 9.36. The number of carbonyl (C=O) groups excluding carboxylic acids is 2. The first-order valence-corrected chi connectivity index (χ1v) is 7.67. The Hall–Kier alpha value is -1.88. The van der Waals surface area contributed by atoms with Crippen LogP contribution in [0.1, 0.15) is 31.4 Å². The topological polar surface area (TPSA) is 60.9 Å². The molecule has 1 aromatic rings. The van der Waals surface area contributed by atoms with Crippen LogP contribution in [0.5, 0.6) is 0 Å². The third-order valence-corrected chi connectivity index (χ3v) is 4.20. The molecule has 5 heteroatoms. The highest BCUT2D eigenvalue weighted by atomic mass is 16.3. The molecule has 1 aliphatic rings. The molecule has 0 aromatic heterocycles. The van der Waals surface area contributed by atoms with Crippen LogP contribution in [-0.2, 0) is 22.6 Å². The van der Waals surface area contributed by atoms with Crippen LogP contribution in [0.2, 0.25) is 0 Å². The average Bonchev–Trinajstić information content (AvgIpc) is 2.50. The lowest BCUT2D eigenvalue weighted by molar-refractivity contribution is -0.145. The van der Waals surface area contributed by atoms with Gasteiger partial charge in [-0.25, -0.2) is 0 Å². The number of hydrogen-bond acceptors (Lipinski definition) is 3. The smallest absolute Gasteiger partial charge is 0.245 e. The third kappa shape index (κ3) is 3.65. The van der Waals surface area contributed by atoms with E-state index in [1.165, 1.54) is 6.92 Å². The average molecular weight is 304 g/mol. The number of aliphatic hydroxyl groups excluding tert-OH is 1. The molecule has 1 aliphatic heterocycles. The first-order valence-electron chi connectivity index (χ1n) is 7.67. The largest absolute Gasteiger partial charge is 0.393 e. The molecule has 120 valence electrons. The molecule has 1 aromatic carbocycles. The second kappa shape index (κ2) is 6.92. The summed E-state index contributed by atoms with van der Waals surface area (Å²) in [6, 6.07) is 7.48. The van der Waals surface area contributed by atoms with Crippen molar-refractivity contribution in [2.24, 2.45) is 0 Å². The number of likely N-dealkylation sites (N-methyl/N-ethyl adjacent to an activating group) is 1. The molecule has 0 spiro atoms. The molecule has 1 heterocycles. The van der Waals surface area contributed by atoms with E-state index in [2.05, 4.69) is 0 Å². The second-order valence-electron chi connectivity index (χ2n) is 6.03. The number of hydrogen-bond donors (Lipinski definition) is 1.